The van der Waals surface area contributed by atoms with Crippen LogP contribution in [0.3, 0.4) is 0 Å². The van der Waals surface area contributed by atoms with Crippen molar-refractivity contribution in [2.45, 2.75) is 232 Å². The van der Waals surface area contributed by atoms with Gasteiger partial charge in [-0.1, -0.05) is 206 Å². The van der Waals surface area contributed by atoms with Gasteiger partial charge in [0.2, 0.25) is 0 Å². The van der Waals surface area contributed by atoms with Crippen LogP contribution in [0.1, 0.15) is 219 Å². The highest BCUT2D eigenvalue weighted by atomic mass is 16.4. The highest BCUT2D eigenvalue weighted by Gasteiger charge is 2.23. The molecule has 0 aliphatic rings. The number of Topliss-reactive ketones (excluding diaryl/α,β-unsaturated/α-hetero) is 1. The van der Waals surface area contributed by atoms with Gasteiger partial charge in [-0.15, -0.1) is 0 Å². The molecule has 0 rings (SSSR count). The van der Waals surface area contributed by atoms with Crippen LogP contribution in [0.5, 0.6) is 0 Å². The average Bonchev–Trinajstić information content (AvgIpc) is 3.08. The van der Waals surface area contributed by atoms with Gasteiger partial charge in [0.15, 0.2) is 5.78 Å². The molecule has 0 fully saturated rings. The van der Waals surface area contributed by atoms with E-state index in [1.165, 1.54) is 193 Å². The molecule has 0 aromatic carbocycles. The van der Waals surface area contributed by atoms with Crippen molar-refractivity contribution in [1.29, 1.82) is 0 Å². The lowest BCUT2D eigenvalue weighted by molar-refractivity contribution is -0.134. The molecule has 0 spiro atoms. The van der Waals surface area contributed by atoms with Gasteiger partial charge in [-0.2, -0.15) is 0 Å². The summed E-state index contributed by atoms with van der Waals surface area (Å²) in [6, 6.07) is 0. The van der Waals surface area contributed by atoms with E-state index in [2.05, 4.69) is 24.3 Å². The summed E-state index contributed by atoms with van der Waals surface area (Å²) in [5.74, 6) is -0.476. The number of unbranched alkanes of at least 4 members (excludes halogenated alkanes) is 30. The number of carbonyl (C=O) groups excluding carboxylic acids is 1. The normalized spacial score (nSPS) is 13.1. The number of carbonyl (C=O) groups is 1. The monoisotopic (exact) mass is 669 g/mol. The van der Waals surface area contributed by atoms with Crippen LogP contribution < -0.4 is 5.43 Å². The second-order valence-corrected chi connectivity index (χ2v) is 14.6. The van der Waals surface area contributed by atoms with Crippen LogP contribution in [0.25, 0.3) is 0 Å². The Bertz CT molecular complexity index is 584. The first-order chi connectivity index (χ1) is 23.1. The van der Waals surface area contributed by atoms with Gasteiger partial charge < -0.3 is 15.3 Å². The molecule has 0 saturated carbocycles. The molecule has 0 heterocycles. The molecular formula is C41H84N2O4. The fourth-order valence-corrected chi connectivity index (χ4v) is 6.58. The summed E-state index contributed by atoms with van der Waals surface area (Å²) in [5.41, 5.74) is 3.21. The summed E-state index contributed by atoms with van der Waals surface area (Å²) in [7, 11) is 0. The average molecular weight is 669 g/mol. The molecule has 47 heavy (non-hydrogen) atoms. The molecule has 0 aliphatic carbocycles. The fourth-order valence-electron chi connectivity index (χ4n) is 6.58. The molecule has 0 aliphatic heterocycles. The number of hydrogen-bond acceptors (Lipinski definition) is 6. The van der Waals surface area contributed by atoms with Gasteiger partial charge in [-0.3, -0.25) is 4.79 Å². The Morgan fingerprint density at radius 1 is 0.468 bits per heavy atom. The van der Waals surface area contributed by atoms with Gasteiger partial charge >= 0.3 is 0 Å². The number of ketones is 1. The SMILES string of the molecule is CCCCCCCCCCCCCCCCCCN(CCCCCCCCCCCCCCCCCC)NCC(=O)C(O)[C@@H](O)CO. The zero-order valence-electron chi connectivity index (χ0n) is 31.8. The van der Waals surface area contributed by atoms with E-state index >= 15 is 0 Å². The van der Waals surface area contributed by atoms with Gasteiger partial charge in [-0.25, -0.2) is 10.4 Å². The van der Waals surface area contributed by atoms with Crippen LogP contribution in [-0.2, 0) is 4.79 Å². The van der Waals surface area contributed by atoms with Crippen LogP contribution in [0, 0.1) is 0 Å². The van der Waals surface area contributed by atoms with E-state index < -0.39 is 24.6 Å². The summed E-state index contributed by atoms with van der Waals surface area (Å²) in [6.45, 7) is 5.71. The minimum Gasteiger partial charge on any atom is -0.394 e. The van der Waals surface area contributed by atoms with E-state index in [0.29, 0.717) is 0 Å². The van der Waals surface area contributed by atoms with Crippen molar-refractivity contribution in [3.05, 3.63) is 0 Å². The summed E-state index contributed by atoms with van der Waals surface area (Å²) in [5, 5.41) is 30.7. The van der Waals surface area contributed by atoms with Gasteiger partial charge in [0.25, 0.3) is 0 Å². The maximum Gasteiger partial charge on any atom is 0.179 e. The molecule has 0 amide bonds. The molecule has 0 saturated heterocycles. The molecule has 0 radical (unpaired) electrons. The molecule has 0 bridgehead atoms. The lowest BCUT2D eigenvalue weighted by Crippen LogP contribution is -2.47. The van der Waals surface area contributed by atoms with E-state index in [4.69, 9.17) is 5.11 Å². The number of nitrogens with one attached hydrogen (secondary N) is 1. The maximum atomic E-state index is 12.3. The van der Waals surface area contributed by atoms with E-state index in [0.717, 1.165) is 25.9 Å². The molecule has 0 aromatic heterocycles. The number of aliphatic hydroxyl groups is 3. The van der Waals surface area contributed by atoms with Crippen LogP contribution in [0.2, 0.25) is 0 Å². The van der Waals surface area contributed by atoms with Crippen molar-refractivity contribution in [2.24, 2.45) is 0 Å². The van der Waals surface area contributed by atoms with Crippen molar-refractivity contribution in [3.63, 3.8) is 0 Å². The number of aliphatic hydroxyl groups excluding tert-OH is 3. The number of hydrogen-bond donors (Lipinski definition) is 4. The van der Waals surface area contributed by atoms with E-state index in [1.807, 2.05) is 0 Å². The topological polar surface area (TPSA) is 93.0 Å². The van der Waals surface area contributed by atoms with Gasteiger partial charge in [-0.05, 0) is 12.8 Å². The summed E-state index contributed by atoms with van der Waals surface area (Å²) in [6.07, 6.45) is 40.3. The second kappa shape index (κ2) is 38.3. The number of rotatable bonds is 40. The Kier molecular flexibility index (Phi) is 37.8. The molecular weight excluding hydrogens is 584 g/mol. The molecule has 1 unspecified atom stereocenters. The lowest BCUT2D eigenvalue weighted by atomic mass is 10.0. The lowest BCUT2D eigenvalue weighted by Gasteiger charge is -2.24. The van der Waals surface area contributed by atoms with Crippen molar-refractivity contribution < 1.29 is 20.1 Å². The third-order valence-electron chi connectivity index (χ3n) is 9.92. The molecule has 6 nitrogen and oxygen atoms in total. The fraction of sp³-hybridized carbons (Fsp3) is 0.976. The highest BCUT2D eigenvalue weighted by Crippen LogP contribution is 2.15. The second-order valence-electron chi connectivity index (χ2n) is 14.6. The largest absolute Gasteiger partial charge is 0.394 e. The first-order valence-electron chi connectivity index (χ1n) is 21.0. The van der Waals surface area contributed by atoms with Gasteiger partial charge in [0.05, 0.1) is 13.2 Å². The predicted octanol–water partition coefficient (Wildman–Crippen LogP) is 10.6. The molecule has 0 aromatic rings. The Morgan fingerprint density at radius 3 is 0.979 bits per heavy atom. The Hall–Kier alpha value is -0.530. The summed E-state index contributed by atoms with van der Waals surface area (Å²) >= 11 is 0. The Balaban J connectivity index is 3.95. The summed E-state index contributed by atoms with van der Waals surface area (Å²) < 4.78 is 0. The highest BCUT2D eigenvalue weighted by molar-refractivity contribution is 5.85. The minimum absolute atomic E-state index is 0.0179. The van der Waals surface area contributed by atoms with Crippen LogP contribution in [0.4, 0.5) is 0 Å². The maximum absolute atomic E-state index is 12.3. The van der Waals surface area contributed by atoms with Crippen molar-refractivity contribution in [1.82, 2.24) is 10.4 Å². The van der Waals surface area contributed by atoms with Crippen LogP contribution in [0.15, 0.2) is 0 Å². The van der Waals surface area contributed by atoms with Crippen molar-refractivity contribution in [3.8, 4) is 0 Å². The summed E-state index contributed by atoms with van der Waals surface area (Å²) in [4.78, 5) is 12.3. The molecule has 4 N–H and O–H groups in total. The molecule has 282 valence electrons. The third-order valence-corrected chi connectivity index (χ3v) is 9.92. The Labute approximate surface area is 293 Å². The number of nitrogens with zero attached hydrogens (tertiary/aromatic N) is 1. The zero-order valence-corrected chi connectivity index (χ0v) is 31.8. The smallest absolute Gasteiger partial charge is 0.179 e. The minimum atomic E-state index is -1.54. The van der Waals surface area contributed by atoms with E-state index in [1.54, 1.807) is 0 Å². The number of hydrazine groups is 1. The quantitative estimate of drug-likeness (QED) is 0.0384. The van der Waals surface area contributed by atoms with E-state index in [9.17, 15) is 15.0 Å². The Morgan fingerprint density at radius 2 is 0.723 bits per heavy atom. The molecule has 6 heteroatoms. The zero-order chi connectivity index (χ0) is 34.5. The van der Waals surface area contributed by atoms with Crippen LogP contribution in [-0.4, -0.2) is 64.6 Å². The van der Waals surface area contributed by atoms with E-state index in [-0.39, 0.29) is 6.54 Å². The van der Waals surface area contributed by atoms with Crippen molar-refractivity contribution >= 4 is 5.78 Å². The predicted molar refractivity (Wildman–Crippen MR) is 203 cm³/mol. The van der Waals surface area contributed by atoms with Crippen molar-refractivity contribution in [2.75, 3.05) is 26.2 Å². The first kappa shape index (κ1) is 46.5. The van der Waals surface area contributed by atoms with Gasteiger partial charge in [0.1, 0.15) is 12.2 Å². The first-order valence-corrected chi connectivity index (χ1v) is 21.0. The third kappa shape index (κ3) is 33.7. The molecule has 2 atom stereocenters. The van der Waals surface area contributed by atoms with Crippen LogP contribution >= 0.6 is 0 Å². The van der Waals surface area contributed by atoms with Gasteiger partial charge in [0, 0.05) is 13.1 Å². The standard InChI is InChI=1S/C41H84N2O4/c1-3-5-7-9-11-13-15-17-19-21-23-25-27-29-31-33-35-43(42-37-39(45)41(47)40(46)38-44)36-34-32-30-28-26-24-22-20-18-16-14-12-10-8-6-4-2/h40-42,44,46-47H,3-38H2,1-2H3/t40-,41?/m0/s1.